The highest BCUT2D eigenvalue weighted by molar-refractivity contribution is 7.99. The van der Waals surface area contributed by atoms with Gasteiger partial charge in [0.15, 0.2) is 5.96 Å². The fraction of sp³-hybridized carbons (Fsp3) is 0.571. The predicted molar refractivity (Wildman–Crippen MR) is 83.9 cm³/mol. The predicted octanol–water partition coefficient (Wildman–Crippen LogP) is 0.596. The zero-order valence-corrected chi connectivity index (χ0v) is 12.4. The first-order valence-electron chi connectivity index (χ1n) is 6.93. The maximum atomic E-state index is 9.46. The SMILES string of the molecule is NC(=NCC(CO)Cc1ccccn1)N1CCSCC1. The molecule has 0 radical (unpaired) electrons. The Bertz CT molecular complexity index is 420. The zero-order chi connectivity index (χ0) is 14.2. The van der Waals surface area contributed by atoms with Crippen LogP contribution in [-0.4, -0.2) is 58.7 Å². The molecule has 1 saturated heterocycles. The van der Waals surface area contributed by atoms with E-state index < -0.39 is 0 Å². The number of aliphatic imine (C=N–C) groups is 1. The Morgan fingerprint density at radius 1 is 1.45 bits per heavy atom. The van der Waals surface area contributed by atoms with Gasteiger partial charge >= 0.3 is 0 Å². The lowest BCUT2D eigenvalue weighted by Crippen LogP contribution is -2.43. The van der Waals surface area contributed by atoms with Gasteiger partial charge in [0.1, 0.15) is 0 Å². The van der Waals surface area contributed by atoms with Crippen LogP contribution in [0.25, 0.3) is 0 Å². The molecule has 3 N–H and O–H groups in total. The van der Waals surface area contributed by atoms with Crippen LogP contribution in [-0.2, 0) is 6.42 Å². The number of guanidine groups is 1. The van der Waals surface area contributed by atoms with E-state index in [0.29, 0.717) is 12.5 Å². The number of hydrogen-bond acceptors (Lipinski definition) is 4. The molecular formula is C14H22N4OS. The van der Waals surface area contributed by atoms with Crippen molar-refractivity contribution in [2.24, 2.45) is 16.6 Å². The van der Waals surface area contributed by atoms with E-state index in [-0.39, 0.29) is 12.5 Å². The van der Waals surface area contributed by atoms with Crippen molar-refractivity contribution in [2.75, 3.05) is 37.7 Å². The highest BCUT2D eigenvalue weighted by Gasteiger charge is 2.14. The molecule has 0 amide bonds. The van der Waals surface area contributed by atoms with Gasteiger partial charge in [0, 0.05) is 55.6 Å². The second-order valence-electron chi connectivity index (χ2n) is 4.87. The third-order valence-corrected chi connectivity index (χ3v) is 4.27. The molecule has 0 aliphatic carbocycles. The third-order valence-electron chi connectivity index (χ3n) is 3.33. The summed E-state index contributed by atoms with van der Waals surface area (Å²) in [7, 11) is 0. The monoisotopic (exact) mass is 294 g/mol. The highest BCUT2D eigenvalue weighted by atomic mass is 32.2. The van der Waals surface area contributed by atoms with Crippen molar-refractivity contribution in [3.63, 3.8) is 0 Å². The van der Waals surface area contributed by atoms with Gasteiger partial charge in [0.25, 0.3) is 0 Å². The highest BCUT2D eigenvalue weighted by Crippen LogP contribution is 2.10. The van der Waals surface area contributed by atoms with Crippen LogP contribution in [0.5, 0.6) is 0 Å². The van der Waals surface area contributed by atoms with E-state index in [0.717, 1.165) is 36.7 Å². The number of nitrogens with two attached hydrogens (primary N) is 1. The number of hydrogen-bond donors (Lipinski definition) is 2. The van der Waals surface area contributed by atoms with Crippen LogP contribution in [0.1, 0.15) is 5.69 Å². The molecule has 0 saturated carbocycles. The standard InChI is InChI=1S/C14H22N4OS/c15-14(18-5-7-20-8-6-18)17-10-12(11-19)9-13-3-1-2-4-16-13/h1-4,12,19H,5-11H2,(H2,15,17). The molecule has 2 rings (SSSR count). The summed E-state index contributed by atoms with van der Waals surface area (Å²) in [5.74, 6) is 2.88. The van der Waals surface area contributed by atoms with Crippen molar-refractivity contribution in [1.29, 1.82) is 0 Å². The molecule has 20 heavy (non-hydrogen) atoms. The lowest BCUT2D eigenvalue weighted by Gasteiger charge is -2.27. The molecule has 0 aromatic carbocycles. The normalized spacial score (nSPS) is 18.1. The lowest BCUT2D eigenvalue weighted by atomic mass is 10.0. The second-order valence-corrected chi connectivity index (χ2v) is 6.10. The molecule has 1 unspecified atom stereocenters. The minimum absolute atomic E-state index is 0.0719. The Labute approximate surface area is 124 Å². The van der Waals surface area contributed by atoms with Gasteiger partial charge in [-0.25, -0.2) is 0 Å². The van der Waals surface area contributed by atoms with Crippen LogP contribution in [0.15, 0.2) is 29.4 Å². The van der Waals surface area contributed by atoms with Crippen molar-refractivity contribution >= 4 is 17.7 Å². The van der Waals surface area contributed by atoms with Gasteiger partial charge in [0.2, 0.25) is 0 Å². The van der Waals surface area contributed by atoms with Crippen LogP contribution < -0.4 is 5.73 Å². The van der Waals surface area contributed by atoms with Gasteiger partial charge in [-0.3, -0.25) is 9.98 Å². The lowest BCUT2D eigenvalue weighted by molar-refractivity contribution is 0.229. The number of pyridine rings is 1. The van der Waals surface area contributed by atoms with Crippen LogP contribution in [0, 0.1) is 5.92 Å². The summed E-state index contributed by atoms with van der Waals surface area (Å²) in [6.07, 6.45) is 2.50. The Kier molecular flexibility index (Phi) is 6.14. The molecule has 1 fully saturated rings. The summed E-state index contributed by atoms with van der Waals surface area (Å²) >= 11 is 1.95. The third kappa shape index (κ3) is 4.68. The van der Waals surface area contributed by atoms with Crippen molar-refractivity contribution in [3.8, 4) is 0 Å². The Balaban J connectivity index is 1.86. The maximum Gasteiger partial charge on any atom is 0.191 e. The molecule has 0 spiro atoms. The van der Waals surface area contributed by atoms with E-state index in [4.69, 9.17) is 5.73 Å². The minimum Gasteiger partial charge on any atom is -0.396 e. The Hall–Kier alpha value is -1.27. The first-order chi connectivity index (χ1) is 9.79. The largest absolute Gasteiger partial charge is 0.396 e. The van der Waals surface area contributed by atoms with Crippen molar-refractivity contribution in [1.82, 2.24) is 9.88 Å². The minimum atomic E-state index is 0.0719. The first kappa shape index (κ1) is 15.1. The molecule has 1 atom stereocenters. The summed E-state index contributed by atoms with van der Waals surface area (Å²) in [4.78, 5) is 10.8. The molecule has 110 valence electrons. The van der Waals surface area contributed by atoms with E-state index >= 15 is 0 Å². The van der Waals surface area contributed by atoms with Gasteiger partial charge in [-0.05, 0) is 18.6 Å². The van der Waals surface area contributed by atoms with E-state index in [1.54, 1.807) is 6.20 Å². The van der Waals surface area contributed by atoms with Crippen molar-refractivity contribution in [2.45, 2.75) is 6.42 Å². The van der Waals surface area contributed by atoms with Crippen molar-refractivity contribution < 1.29 is 5.11 Å². The fourth-order valence-corrected chi connectivity index (χ4v) is 3.02. The summed E-state index contributed by atoms with van der Waals surface area (Å²) in [6, 6.07) is 5.82. The molecule has 5 nitrogen and oxygen atoms in total. The average Bonchev–Trinajstić information content (AvgIpc) is 2.53. The summed E-state index contributed by atoms with van der Waals surface area (Å²) < 4.78 is 0. The number of thioether (sulfide) groups is 1. The van der Waals surface area contributed by atoms with Gasteiger partial charge in [-0.15, -0.1) is 0 Å². The first-order valence-corrected chi connectivity index (χ1v) is 8.08. The molecular weight excluding hydrogens is 272 g/mol. The number of aliphatic hydroxyl groups is 1. The fourth-order valence-electron chi connectivity index (χ4n) is 2.12. The Morgan fingerprint density at radius 3 is 2.90 bits per heavy atom. The van der Waals surface area contributed by atoms with Gasteiger partial charge in [-0.2, -0.15) is 11.8 Å². The molecule has 1 aromatic heterocycles. The number of rotatable bonds is 5. The van der Waals surface area contributed by atoms with E-state index in [9.17, 15) is 5.11 Å². The van der Waals surface area contributed by atoms with E-state index in [1.807, 2.05) is 30.0 Å². The number of aliphatic hydroxyl groups excluding tert-OH is 1. The molecule has 1 aromatic rings. The molecule has 1 aliphatic rings. The zero-order valence-electron chi connectivity index (χ0n) is 11.6. The summed E-state index contributed by atoms with van der Waals surface area (Å²) in [6.45, 7) is 2.57. The van der Waals surface area contributed by atoms with E-state index in [2.05, 4.69) is 14.9 Å². The number of nitrogens with zero attached hydrogens (tertiary/aromatic N) is 3. The Morgan fingerprint density at radius 2 is 2.25 bits per heavy atom. The van der Waals surface area contributed by atoms with Crippen LogP contribution >= 0.6 is 11.8 Å². The maximum absolute atomic E-state index is 9.46. The molecule has 0 bridgehead atoms. The molecule has 6 heteroatoms. The average molecular weight is 294 g/mol. The summed E-state index contributed by atoms with van der Waals surface area (Å²) in [5.41, 5.74) is 7.00. The van der Waals surface area contributed by atoms with E-state index in [1.165, 1.54) is 0 Å². The quantitative estimate of drug-likeness (QED) is 0.614. The van der Waals surface area contributed by atoms with Crippen LogP contribution in [0.2, 0.25) is 0 Å². The molecule has 2 heterocycles. The van der Waals surface area contributed by atoms with Crippen LogP contribution in [0.4, 0.5) is 0 Å². The number of aromatic nitrogens is 1. The molecule has 1 aliphatic heterocycles. The van der Waals surface area contributed by atoms with Gasteiger partial charge in [0.05, 0.1) is 0 Å². The van der Waals surface area contributed by atoms with Gasteiger partial charge in [-0.1, -0.05) is 6.07 Å². The topological polar surface area (TPSA) is 74.7 Å². The van der Waals surface area contributed by atoms with Crippen LogP contribution in [0.3, 0.4) is 0 Å². The summed E-state index contributed by atoms with van der Waals surface area (Å²) in [5, 5.41) is 9.46. The second kappa shape index (κ2) is 8.11. The van der Waals surface area contributed by atoms with Gasteiger partial charge < -0.3 is 15.7 Å². The van der Waals surface area contributed by atoms with Crippen molar-refractivity contribution in [3.05, 3.63) is 30.1 Å². The smallest absolute Gasteiger partial charge is 0.191 e.